The molecule has 1 aromatic carbocycles. The Bertz CT molecular complexity index is 396. The number of rotatable bonds is 4. The maximum absolute atomic E-state index is 10.8. The molecule has 0 fully saturated rings. The van der Waals surface area contributed by atoms with E-state index in [-0.39, 0.29) is 11.8 Å². The van der Waals surface area contributed by atoms with Crippen molar-refractivity contribution >= 4 is 24.6 Å². The number of nitrogens with one attached hydrogen (secondary N) is 1. The number of hydrogen-bond acceptors (Lipinski definition) is 3. The lowest BCUT2D eigenvalue weighted by molar-refractivity contribution is -0.134. The van der Waals surface area contributed by atoms with Gasteiger partial charge < -0.3 is 20.2 Å². The van der Waals surface area contributed by atoms with E-state index in [1.165, 1.54) is 24.3 Å². The molecule has 82 valence electrons. The standard InChI is InChI=1S/C8H10NO5P/c10-8(11)5-9-6-1-3-7(4-2-6)15(12,13)14/h1-4,9H,5H2,(H,10,11)(H2,12,13,14). The zero-order chi connectivity index (χ0) is 11.5. The molecule has 0 aliphatic heterocycles. The largest absolute Gasteiger partial charge is 0.480 e. The summed E-state index contributed by atoms with van der Waals surface area (Å²) in [5.41, 5.74) is 0.495. The second kappa shape index (κ2) is 4.44. The Morgan fingerprint density at radius 2 is 1.80 bits per heavy atom. The first kappa shape index (κ1) is 11.7. The molecule has 7 heteroatoms. The highest BCUT2D eigenvalue weighted by atomic mass is 31.2. The maximum atomic E-state index is 10.8. The first-order valence-corrected chi connectivity index (χ1v) is 5.62. The lowest BCUT2D eigenvalue weighted by Crippen LogP contribution is -2.13. The fraction of sp³-hybridized carbons (Fsp3) is 0.125. The van der Waals surface area contributed by atoms with Crippen LogP contribution in [0.3, 0.4) is 0 Å². The van der Waals surface area contributed by atoms with Gasteiger partial charge in [0, 0.05) is 5.69 Å². The van der Waals surface area contributed by atoms with E-state index in [1.807, 2.05) is 0 Å². The van der Waals surface area contributed by atoms with E-state index in [2.05, 4.69) is 5.32 Å². The van der Waals surface area contributed by atoms with Crippen LogP contribution in [0.4, 0.5) is 5.69 Å². The van der Waals surface area contributed by atoms with Crippen molar-refractivity contribution in [2.75, 3.05) is 11.9 Å². The Labute approximate surface area is 85.7 Å². The van der Waals surface area contributed by atoms with Crippen LogP contribution in [0.5, 0.6) is 0 Å². The molecular formula is C8H10NO5P. The molecule has 0 aliphatic carbocycles. The number of anilines is 1. The summed E-state index contributed by atoms with van der Waals surface area (Å²) in [4.78, 5) is 27.8. The van der Waals surface area contributed by atoms with Gasteiger partial charge in [0.15, 0.2) is 0 Å². The first-order chi connectivity index (χ1) is 6.89. The highest BCUT2D eigenvalue weighted by Crippen LogP contribution is 2.33. The zero-order valence-electron chi connectivity index (χ0n) is 7.62. The normalized spacial score (nSPS) is 11.1. The van der Waals surface area contributed by atoms with Crippen molar-refractivity contribution < 1.29 is 24.3 Å². The average molecular weight is 231 g/mol. The van der Waals surface area contributed by atoms with Crippen molar-refractivity contribution in [1.29, 1.82) is 0 Å². The van der Waals surface area contributed by atoms with E-state index in [0.717, 1.165) is 0 Å². The van der Waals surface area contributed by atoms with Crippen LogP contribution >= 0.6 is 7.60 Å². The third-order valence-electron chi connectivity index (χ3n) is 1.65. The van der Waals surface area contributed by atoms with Gasteiger partial charge >= 0.3 is 13.6 Å². The summed E-state index contributed by atoms with van der Waals surface area (Å²) in [5, 5.41) is 10.8. The van der Waals surface area contributed by atoms with Crippen LogP contribution in [-0.4, -0.2) is 27.4 Å². The molecule has 1 aromatic rings. The van der Waals surface area contributed by atoms with E-state index in [1.54, 1.807) is 0 Å². The Kier molecular flexibility index (Phi) is 3.47. The van der Waals surface area contributed by atoms with Gasteiger partial charge in [-0.2, -0.15) is 0 Å². The molecule has 0 spiro atoms. The van der Waals surface area contributed by atoms with E-state index < -0.39 is 13.6 Å². The highest BCUT2D eigenvalue weighted by molar-refractivity contribution is 7.60. The molecule has 0 unspecified atom stereocenters. The molecule has 0 aromatic heterocycles. The summed E-state index contributed by atoms with van der Waals surface area (Å²) in [7, 11) is -4.22. The quantitative estimate of drug-likeness (QED) is 0.543. The Morgan fingerprint density at radius 3 is 2.20 bits per heavy atom. The molecule has 1 rings (SSSR count). The van der Waals surface area contributed by atoms with Crippen LogP contribution in [0.1, 0.15) is 0 Å². The molecule has 0 saturated carbocycles. The molecule has 0 bridgehead atoms. The molecule has 15 heavy (non-hydrogen) atoms. The Balaban J connectivity index is 2.73. The van der Waals surface area contributed by atoms with E-state index in [4.69, 9.17) is 14.9 Å². The number of carbonyl (C=O) groups is 1. The number of carboxylic acids is 1. The zero-order valence-corrected chi connectivity index (χ0v) is 8.52. The highest BCUT2D eigenvalue weighted by Gasteiger charge is 2.15. The van der Waals surface area contributed by atoms with Gasteiger partial charge in [-0.1, -0.05) is 0 Å². The van der Waals surface area contributed by atoms with Gasteiger partial charge in [0.2, 0.25) is 0 Å². The second-order valence-electron chi connectivity index (χ2n) is 2.84. The SMILES string of the molecule is O=C(O)CNc1ccc(P(=O)(O)O)cc1. The summed E-state index contributed by atoms with van der Waals surface area (Å²) in [5.74, 6) is -1.01. The fourth-order valence-corrected chi connectivity index (χ4v) is 1.49. The van der Waals surface area contributed by atoms with E-state index in [0.29, 0.717) is 5.69 Å². The van der Waals surface area contributed by atoms with Crippen molar-refractivity contribution in [3.63, 3.8) is 0 Å². The number of hydrogen-bond donors (Lipinski definition) is 4. The first-order valence-electron chi connectivity index (χ1n) is 4.01. The minimum Gasteiger partial charge on any atom is -0.480 e. The molecule has 0 aliphatic rings. The average Bonchev–Trinajstić information content (AvgIpc) is 2.14. The molecular weight excluding hydrogens is 221 g/mol. The van der Waals surface area contributed by atoms with Crippen molar-refractivity contribution in [3.8, 4) is 0 Å². The number of aliphatic carboxylic acids is 1. The van der Waals surface area contributed by atoms with E-state index in [9.17, 15) is 9.36 Å². The Morgan fingerprint density at radius 1 is 1.27 bits per heavy atom. The number of carboxylic acid groups (broad SMARTS) is 1. The van der Waals surface area contributed by atoms with Crippen LogP contribution < -0.4 is 10.6 Å². The van der Waals surface area contributed by atoms with Crippen LogP contribution in [0, 0.1) is 0 Å². The van der Waals surface area contributed by atoms with Crippen LogP contribution in [-0.2, 0) is 9.36 Å². The van der Waals surface area contributed by atoms with Crippen LogP contribution in [0.25, 0.3) is 0 Å². The van der Waals surface area contributed by atoms with Crippen molar-refractivity contribution in [2.24, 2.45) is 0 Å². The third kappa shape index (κ3) is 3.71. The minimum atomic E-state index is -4.22. The molecule has 0 radical (unpaired) electrons. The van der Waals surface area contributed by atoms with Gasteiger partial charge in [0.25, 0.3) is 0 Å². The monoisotopic (exact) mass is 231 g/mol. The number of benzene rings is 1. The van der Waals surface area contributed by atoms with Crippen molar-refractivity contribution in [1.82, 2.24) is 0 Å². The van der Waals surface area contributed by atoms with Gasteiger partial charge in [-0.15, -0.1) is 0 Å². The smallest absolute Gasteiger partial charge is 0.356 e. The minimum absolute atomic E-state index is 0.0941. The summed E-state index contributed by atoms with van der Waals surface area (Å²) < 4.78 is 10.8. The predicted octanol–water partition coefficient (Wildman–Crippen LogP) is -0.0139. The van der Waals surface area contributed by atoms with Crippen molar-refractivity contribution in [3.05, 3.63) is 24.3 Å². The van der Waals surface area contributed by atoms with Gasteiger partial charge in [0.05, 0.1) is 5.30 Å². The topological polar surface area (TPSA) is 107 Å². The second-order valence-corrected chi connectivity index (χ2v) is 4.44. The molecule has 6 nitrogen and oxygen atoms in total. The molecule has 0 atom stereocenters. The van der Waals surface area contributed by atoms with Crippen LogP contribution in [0.15, 0.2) is 24.3 Å². The van der Waals surface area contributed by atoms with Gasteiger partial charge in [-0.05, 0) is 24.3 Å². The van der Waals surface area contributed by atoms with Gasteiger partial charge in [-0.3, -0.25) is 9.36 Å². The van der Waals surface area contributed by atoms with Gasteiger partial charge in [0.1, 0.15) is 6.54 Å². The van der Waals surface area contributed by atoms with Gasteiger partial charge in [-0.25, -0.2) is 0 Å². The fourth-order valence-electron chi connectivity index (χ4n) is 0.951. The summed E-state index contributed by atoms with van der Waals surface area (Å²) in [6, 6.07) is 5.34. The molecule has 0 amide bonds. The third-order valence-corrected chi connectivity index (χ3v) is 2.62. The molecule has 0 heterocycles. The van der Waals surface area contributed by atoms with Crippen molar-refractivity contribution in [2.45, 2.75) is 0 Å². The predicted molar refractivity (Wildman–Crippen MR) is 54.2 cm³/mol. The molecule has 4 N–H and O–H groups in total. The van der Waals surface area contributed by atoms with Crippen LogP contribution in [0.2, 0.25) is 0 Å². The molecule has 0 saturated heterocycles. The lowest BCUT2D eigenvalue weighted by atomic mass is 10.3. The summed E-state index contributed by atoms with van der Waals surface area (Å²) >= 11 is 0. The summed E-state index contributed by atoms with van der Waals surface area (Å²) in [6.07, 6.45) is 0. The summed E-state index contributed by atoms with van der Waals surface area (Å²) in [6.45, 7) is -0.241. The maximum Gasteiger partial charge on any atom is 0.356 e. The Hall–Kier alpha value is -1.36. The lowest BCUT2D eigenvalue weighted by Gasteiger charge is -2.06. The van der Waals surface area contributed by atoms with E-state index >= 15 is 0 Å².